The molecule has 12 heavy (non-hydrogen) atoms. The first-order valence-corrected chi connectivity index (χ1v) is 4.08. The predicted molar refractivity (Wildman–Crippen MR) is 50.2 cm³/mol. The number of carbonyl (C=O) groups is 1. The lowest BCUT2D eigenvalue weighted by Crippen LogP contribution is -2.08. The summed E-state index contributed by atoms with van der Waals surface area (Å²) in [7, 11) is 1.36. The first-order chi connectivity index (χ1) is 5.75. The molecule has 0 saturated carbocycles. The fourth-order valence-electron chi connectivity index (χ4n) is 0.883. The molecular weight excluding hydrogens is 172 g/mol. The molecule has 1 atom stereocenters. The van der Waals surface area contributed by atoms with Gasteiger partial charge in [-0.25, -0.2) is 0 Å². The lowest BCUT2D eigenvalue weighted by Gasteiger charge is -2.07. The minimum absolute atomic E-state index is 0.329. The molecule has 0 bridgehead atoms. The van der Waals surface area contributed by atoms with Crippen molar-refractivity contribution in [3.8, 4) is 0 Å². The molecule has 0 aliphatic heterocycles. The molecule has 0 radical (unpaired) electrons. The maximum Gasteiger partial charge on any atom is 0.323 e. The predicted octanol–water partition coefficient (Wildman–Crippen LogP) is 1.83. The second-order valence-corrected chi connectivity index (χ2v) is 2.85. The smallest absolute Gasteiger partial charge is 0.323 e. The molecule has 1 aromatic rings. The van der Waals surface area contributed by atoms with Gasteiger partial charge in [0.15, 0.2) is 0 Å². The highest BCUT2D eigenvalue weighted by Gasteiger charge is 2.15. The third kappa shape index (κ3) is 2.01. The van der Waals surface area contributed by atoms with Crippen LogP contribution in [0.5, 0.6) is 0 Å². The molecule has 0 aliphatic carbocycles. The average molecular weight is 182 g/mol. The molecule has 0 aromatic heterocycles. The van der Waals surface area contributed by atoms with Crippen LogP contribution in [0.2, 0.25) is 0 Å². The largest absolute Gasteiger partial charge is 0.468 e. The van der Waals surface area contributed by atoms with E-state index < -0.39 is 5.25 Å². The Balaban J connectivity index is 2.78. The second-order valence-electron chi connectivity index (χ2n) is 2.34. The third-order valence-electron chi connectivity index (χ3n) is 1.54. The van der Waals surface area contributed by atoms with Gasteiger partial charge in [0.25, 0.3) is 0 Å². The van der Waals surface area contributed by atoms with Crippen LogP contribution >= 0.6 is 12.6 Å². The topological polar surface area (TPSA) is 26.3 Å². The average Bonchev–Trinajstić information content (AvgIpc) is 2.17. The number of thiol groups is 1. The van der Waals surface area contributed by atoms with Gasteiger partial charge in [-0.05, 0) is 5.56 Å². The van der Waals surface area contributed by atoms with Crippen molar-refractivity contribution in [2.75, 3.05) is 7.11 Å². The standard InChI is InChI=1S/C9H10O2S/c1-11-9(10)8(12)7-5-3-2-4-6-7/h2-6,8,12H,1H3/t8-/m0/s1. The number of carbonyl (C=O) groups excluding carboxylic acids is 1. The van der Waals surface area contributed by atoms with E-state index in [1.807, 2.05) is 30.3 Å². The van der Waals surface area contributed by atoms with Crippen LogP contribution in [-0.2, 0) is 9.53 Å². The summed E-state index contributed by atoms with van der Waals surface area (Å²) in [5, 5.41) is -0.476. The van der Waals surface area contributed by atoms with E-state index in [0.29, 0.717) is 0 Å². The Morgan fingerprint density at radius 2 is 2.00 bits per heavy atom. The number of ether oxygens (including phenoxy) is 1. The van der Waals surface area contributed by atoms with E-state index in [-0.39, 0.29) is 5.97 Å². The SMILES string of the molecule is COC(=O)[C@@H](S)c1ccccc1. The highest BCUT2D eigenvalue weighted by molar-refractivity contribution is 7.81. The fourth-order valence-corrected chi connectivity index (χ4v) is 1.16. The summed E-state index contributed by atoms with van der Waals surface area (Å²) in [6, 6.07) is 9.30. The summed E-state index contributed by atoms with van der Waals surface area (Å²) in [6.45, 7) is 0. The van der Waals surface area contributed by atoms with Crippen LogP contribution in [-0.4, -0.2) is 13.1 Å². The quantitative estimate of drug-likeness (QED) is 0.558. The summed E-state index contributed by atoms with van der Waals surface area (Å²) in [5.74, 6) is -0.329. The molecule has 1 rings (SSSR count). The lowest BCUT2D eigenvalue weighted by atomic mass is 10.1. The molecule has 2 nitrogen and oxygen atoms in total. The molecule has 0 saturated heterocycles. The van der Waals surface area contributed by atoms with E-state index in [4.69, 9.17) is 0 Å². The minimum atomic E-state index is -0.476. The van der Waals surface area contributed by atoms with Crippen LogP contribution < -0.4 is 0 Å². The summed E-state index contributed by atoms with van der Waals surface area (Å²) < 4.78 is 4.55. The van der Waals surface area contributed by atoms with Crippen molar-refractivity contribution in [3.05, 3.63) is 35.9 Å². The Bertz CT molecular complexity index is 258. The molecular formula is C9H10O2S. The maximum absolute atomic E-state index is 11.0. The second kappa shape index (κ2) is 4.16. The van der Waals surface area contributed by atoms with Crippen molar-refractivity contribution in [1.29, 1.82) is 0 Å². The van der Waals surface area contributed by atoms with Crippen molar-refractivity contribution in [2.45, 2.75) is 5.25 Å². The highest BCUT2D eigenvalue weighted by atomic mass is 32.1. The number of hydrogen-bond acceptors (Lipinski definition) is 3. The van der Waals surface area contributed by atoms with Gasteiger partial charge in [0.1, 0.15) is 5.25 Å². The Morgan fingerprint density at radius 3 is 2.50 bits per heavy atom. The fraction of sp³-hybridized carbons (Fsp3) is 0.222. The molecule has 0 aliphatic rings. The normalized spacial score (nSPS) is 12.2. The van der Waals surface area contributed by atoms with Crippen LogP contribution in [0.25, 0.3) is 0 Å². The lowest BCUT2D eigenvalue weighted by molar-refractivity contribution is -0.140. The Hall–Kier alpha value is -0.960. The van der Waals surface area contributed by atoms with E-state index in [0.717, 1.165) is 5.56 Å². The summed E-state index contributed by atoms with van der Waals surface area (Å²) >= 11 is 4.12. The Labute approximate surface area is 77.0 Å². The molecule has 0 amide bonds. The van der Waals surface area contributed by atoms with Gasteiger partial charge in [0.2, 0.25) is 0 Å². The van der Waals surface area contributed by atoms with E-state index in [9.17, 15) is 4.79 Å². The molecule has 3 heteroatoms. The maximum atomic E-state index is 11.0. The van der Waals surface area contributed by atoms with Gasteiger partial charge >= 0.3 is 5.97 Å². The molecule has 0 fully saturated rings. The molecule has 0 spiro atoms. The van der Waals surface area contributed by atoms with Gasteiger partial charge in [-0.2, -0.15) is 12.6 Å². The Morgan fingerprint density at radius 1 is 1.42 bits per heavy atom. The Kier molecular flexibility index (Phi) is 3.17. The zero-order valence-corrected chi connectivity index (χ0v) is 7.62. The van der Waals surface area contributed by atoms with Gasteiger partial charge < -0.3 is 4.74 Å². The zero-order valence-electron chi connectivity index (χ0n) is 6.73. The summed E-state index contributed by atoms with van der Waals surface area (Å²) in [5.41, 5.74) is 0.854. The van der Waals surface area contributed by atoms with Crippen LogP contribution in [0, 0.1) is 0 Å². The highest BCUT2D eigenvalue weighted by Crippen LogP contribution is 2.20. The molecule has 0 unspecified atom stereocenters. The van der Waals surface area contributed by atoms with Gasteiger partial charge in [0, 0.05) is 0 Å². The number of rotatable bonds is 2. The number of esters is 1. The van der Waals surface area contributed by atoms with Gasteiger partial charge in [-0.15, -0.1) is 0 Å². The van der Waals surface area contributed by atoms with Crippen molar-refractivity contribution in [3.63, 3.8) is 0 Å². The van der Waals surface area contributed by atoms with E-state index >= 15 is 0 Å². The monoisotopic (exact) mass is 182 g/mol. The van der Waals surface area contributed by atoms with Gasteiger partial charge in [0.05, 0.1) is 7.11 Å². The molecule has 0 N–H and O–H groups in total. The van der Waals surface area contributed by atoms with E-state index in [2.05, 4.69) is 17.4 Å². The van der Waals surface area contributed by atoms with E-state index in [1.54, 1.807) is 0 Å². The molecule has 0 heterocycles. The van der Waals surface area contributed by atoms with Crippen molar-refractivity contribution >= 4 is 18.6 Å². The van der Waals surface area contributed by atoms with Crippen molar-refractivity contribution in [2.24, 2.45) is 0 Å². The molecule has 64 valence electrons. The van der Waals surface area contributed by atoms with Crippen LogP contribution in [0.1, 0.15) is 10.8 Å². The number of benzene rings is 1. The zero-order chi connectivity index (χ0) is 8.97. The van der Waals surface area contributed by atoms with E-state index in [1.165, 1.54) is 7.11 Å². The van der Waals surface area contributed by atoms with Crippen molar-refractivity contribution in [1.82, 2.24) is 0 Å². The van der Waals surface area contributed by atoms with Gasteiger partial charge in [-0.1, -0.05) is 30.3 Å². The number of methoxy groups -OCH3 is 1. The first-order valence-electron chi connectivity index (χ1n) is 3.56. The summed E-state index contributed by atoms with van der Waals surface area (Å²) in [6.07, 6.45) is 0. The van der Waals surface area contributed by atoms with Crippen molar-refractivity contribution < 1.29 is 9.53 Å². The summed E-state index contributed by atoms with van der Waals surface area (Å²) in [4.78, 5) is 11.0. The third-order valence-corrected chi connectivity index (χ3v) is 2.05. The van der Waals surface area contributed by atoms with Crippen LogP contribution in [0.4, 0.5) is 0 Å². The van der Waals surface area contributed by atoms with Gasteiger partial charge in [-0.3, -0.25) is 4.79 Å². The molecule has 1 aromatic carbocycles. The van der Waals surface area contributed by atoms with Crippen LogP contribution in [0.3, 0.4) is 0 Å². The first kappa shape index (κ1) is 9.13. The van der Waals surface area contributed by atoms with Crippen LogP contribution in [0.15, 0.2) is 30.3 Å². The minimum Gasteiger partial charge on any atom is -0.468 e. The number of hydrogen-bond donors (Lipinski definition) is 1.